The maximum Gasteiger partial charge on any atom is 0.292 e. The minimum absolute atomic E-state index is 0.0794. The van der Waals surface area contributed by atoms with Gasteiger partial charge in [0.2, 0.25) is 0 Å². The van der Waals surface area contributed by atoms with Gasteiger partial charge in [-0.05, 0) is 29.7 Å². The summed E-state index contributed by atoms with van der Waals surface area (Å²) >= 11 is 7.82. The highest BCUT2D eigenvalue weighted by molar-refractivity contribution is 7.99. The molecule has 19 heavy (non-hydrogen) atoms. The average Bonchev–Trinajstić information content (AvgIpc) is 2.31. The van der Waals surface area contributed by atoms with Crippen LogP contribution in [0.5, 0.6) is 0 Å². The largest absolute Gasteiger partial charge is 0.375 e. The molecule has 1 aromatic carbocycles. The van der Waals surface area contributed by atoms with E-state index in [1.165, 1.54) is 6.07 Å². The van der Waals surface area contributed by atoms with Crippen LogP contribution in [0.2, 0.25) is 5.02 Å². The van der Waals surface area contributed by atoms with E-state index in [2.05, 4.69) is 19.2 Å². The number of nitro benzene ring substituents is 1. The summed E-state index contributed by atoms with van der Waals surface area (Å²) in [5.74, 6) is 2.10. The summed E-state index contributed by atoms with van der Waals surface area (Å²) < 4.78 is 0. The molecule has 1 aromatic rings. The molecule has 1 atom stereocenters. The molecule has 0 aliphatic carbocycles. The topological polar surface area (TPSA) is 55.2 Å². The van der Waals surface area contributed by atoms with Gasteiger partial charge in [0.1, 0.15) is 5.69 Å². The fourth-order valence-corrected chi connectivity index (χ4v) is 3.92. The van der Waals surface area contributed by atoms with E-state index in [9.17, 15) is 10.1 Å². The van der Waals surface area contributed by atoms with Gasteiger partial charge in [-0.15, -0.1) is 0 Å². The first-order valence-corrected chi connectivity index (χ1v) is 7.71. The minimum atomic E-state index is -0.373. The fourth-order valence-electron chi connectivity index (χ4n) is 2.14. The van der Waals surface area contributed by atoms with Crippen LogP contribution in [0.25, 0.3) is 0 Å². The quantitative estimate of drug-likeness (QED) is 0.671. The maximum atomic E-state index is 11.1. The Morgan fingerprint density at radius 3 is 2.89 bits per heavy atom. The molecular weight excluding hydrogens is 284 g/mol. The highest BCUT2D eigenvalue weighted by Gasteiger charge is 2.33. The molecule has 1 unspecified atom stereocenters. The Morgan fingerprint density at radius 2 is 2.26 bits per heavy atom. The molecule has 0 bridgehead atoms. The van der Waals surface area contributed by atoms with Crippen molar-refractivity contribution in [3.05, 3.63) is 33.3 Å². The van der Waals surface area contributed by atoms with Crippen LogP contribution in [0.3, 0.4) is 0 Å². The Kier molecular flexibility index (Phi) is 4.26. The zero-order valence-corrected chi connectivity index (χ0v) is 12.6. The zero-order valence-electron chi connectivity index (χ0n) is 11.0. The number of anilines is 1. The molecule has 0 amide bonds. The molecule has 0 spiro atoms. The highest BCUT2D eigenvalue weighted by Crippen LogP contribution is 2.38. The number of rotatable bonds is 3. The van der Waals surface area contributed by atoms with Crippen molar-refractivity contribution < 1.29 is 4.92 Å². The van der Waals surface area contributed by atoms with Crippen LogP contribution < -0.4 is 5.32 Å². The SMILES string of the molecule is CC1(C)CCSCC1Nc1cc(Cl)ccc1[N+](=O)[O-]. The molecular formula is C13H17ClN2O2S. The molecule has 6 heteroatoms. The van der Waals surface area contributed by atoms with E-state index >= 15 is 0 Å². The van der Waals surface area contributed by atoms with Crippen molar-refractivity contribution in [2.24, 2.45) is 5.41 Å². The number of halogens is 1. The summed E-state index contributed by atoms with van der Waals surface area (Å²) in [6.45, 7) is 4.39. The van der Waals surface area contributed by atoms with E-state index in [1.54, 1.807) is 12.1 Å². The maximum absolute atomic E-state index is 11.1. The van der Waals surface area contributed by atoms with Crippen molar-refractivity contribution in [1.82, 2.24) is 0 Å². The molecule has 104 valence electrons. The number of hydrogen-bond acceptors (Lipinski definition) is 4. The zero-order chi connectivity index (χ0) is 14.0. The Labute approximate surface area is 122 Å². The number of thioether (sulfide) groups is 1. The molecule has 1 saturated heterocycles. The van der Waals surface area contributed by atoms with E-state index in [4.69, 9.17) is 11.6 Å². The molecule has 4 nitrogen and oxygen atoms in total. The number of nitrogens with one attached hydrogen (secondary N) is 1. The highest BCUT2D eigenvalue weighted by atomic mass is 35.5. The van der Waals surface area contributed by atoms with Gasteiger partial charge in [-0.3, -0.25) is 10.1 Å². The molecule has 1 heterocycles. The second-order valence-corrected chi connectivity index (χ2v) is 7.02. The van der Waals surface area contributed by atoms with Crippen LogP contribution in [0.15, 0.2) is 18.2 Å². The number of benzene rings is 1. The second-order valence-electron chi connectivity index (χ2n) is 5.43. The lowest BCUT2D eigenvalue weighted by Crippen LogP contribution is -2.41. The lowest BCUT2D eigenvalue weighted by molar-refractivity contribution is -0.384. The van der Waals surface area contributed by atoms with Gasteiger partial charge < -0.3 is 5.32 Å². The molecule has 1 fully saturated rings. The van der Waals surface area contributed by atoms with Gasteiger partial charge in [0.05, 0.1) is 4.92 Å². The van der Waals surface area contributed by atoms with Gasteiger partial charge in [-0.1, -0.05) is 25.4 Å². The lowest BCUT2D eigenvalue weighted by Gasteiger charge is -2.39. The summed E-state index contributed by atoms with van der Waals surface area (Å²) in [5.41, 5.74) is 0.718. The molecule has 2 rings (SSSR count). The van der Waals surface area contributed by atoms with Crippen molar-refractivity contribution in [3.63, 3.8) is 0 Å². The summed E-state index contributed by atoms with van der Waals surface area (Å²) in [5, 5.41) is 14.9. The van der Waals surface area contributed by atoms with Gasteiger partial charge in [0.25, 0.3) is 5.69 Å². The van der Waals surface area contributed by atoms with Crippen LogP contribution in [-0.4, -0.2) is 22.5 Å². The normalized spacial score (nSPS) is 21.9. The third kappa shape index (κ3) is 3.34. The Hall–Kier alpha value is -0.940. The molecule has 0 radical (unpaired) electrons. The Balaban J connectivity index is 2.27. The summed E-state index contributed by atoms with van der Waals surface area (Å²) in [6, 6.07) is 4.84. The first-order valence-electron chi connectivity index (χ1n) is 6.18. The summed E-state index contributed by atoms with van der Waals surface area (Å²) in [6.07, 6.45) is 1.10. The number of nitro groups is 1. The van der Waals surface area contributed by atoms with Crippen LogP contribution in [0.4, 0.5) is 11.4 Å². The van der Waals surface area contributed by atoms with Gasteiger partial charge >= 0.3 is 0 Å². The van der Waals surface area contributed by atoms with Crippen molar-refractivity contribution in [2.75, 3.05) is 16.8 Å². The number of nitrogens with zero attached hydrogens (tertiary/aromatic N) is 1. The average molecular weight is 301 g/mol. The monoisotopic (exact) mass is 300 g/mol. The van der Waals surface area contributed by atoms with Crippen molar-refractivity contribution >= 4 is 34.7 Å². The van der Waals surface area contributed by atoms with Crippen LogP contribution in [0.1, 0.15) is 20.3 Å². The van der Waals surface area contributed by atoms with E-state index in [-0.39, 0.29) is 22.1 Å². The van der Waals surface area contributed by atoms with E-state index in [1.807, 2.05) is 11.8 Å². The molecule has 0 aromatic heterocycles. The van der Waals surface area contributed by atoms with Crippen LogP contribution in [0, 0.1) is 15.5 Å². The van der Waals surface area contributed by atoms with Crippen LogP contribution >= 0.6 is 23.4 Å². The minimum Gasteiger partial charge on any atom is -0.375 e. The van der Waals surface area contributed by atoms with Gasteiger partial charge in [0, 0.05) is 22.9 Å². The first-order chi connectivity index (χ1) is 8.90. The van der Waals surface area contributed by atoms with E-state index in [0.29, 0.717) is 10.7 Å². The smallest absolute Gasteiger partial charge is 0.292 e. The molecule has 1 aliphatic rings. The third-order valence-electron chi connectivity index (χ3n) is 3.60. The molecule has 1 aliphatic heterocycles. The number of hydrogen-bond donors (Lipinski definition) is 1. The van der Waals surface area contributed by atoms with E-state index < -0.39 is 0 Å². The summed E-state index contributed by atoms with van der Waals surface area (Å²) in [4.78, 5) is 10.7. The first kappa shape index (κ1) is 14.5. The Bertz CT molecular complexity index is 494. The van der Waals surface area contributed by atoms with E-state index in [0.717, 1.165) is 17.9 Å². The molecule has 1 N–H and O–H groups in total. The molecule has 0 saturated carbocycles. The van der Waals surface area contributed by atoms with Crippen molar-refractivity contribution in [2.45, 2.75) is 26.3 Å². The van der Waals surface area contributed by atoms with Crippen LogP contribution in [-0.2, 0) is 0 Å². The Morgan fingerprint density at radius 1 is 1.53 bits per heavy atom. The predicted molar refractivity (Wildman–Crippen MR) is 81.2 cm³/mol. The van der Waals surface area contributed by atoms with Gasteiger partial charge in [-0.25, -0.2) is 0 Å². The van der Waals surface area contributed by atoms with Crippen molar-refractivity contribution in [1.29, 1.82) is 0 Å². The standard InChI is InChI=1S/C13H17ClN2O2S/c1-13(2)5-6-19-8-12(13)15-10-7-9(14)3-4-11(10)16(17)18/h3-4,7,12,15H,5-6,8H2,1-2H3. The summed E-state index contributed by atoms with van der Waals surface area (Å²) in [7, 11) is 0. The fraction of sp³-hybridized carbons (Fsp3) is 0.538. The van der Waals surface area contributed by atoms with Gasteiger partial charge in [-0.2, -0.15) is 11.8 Å². The second kappa shape index (κ2) is 5.59. The lowest BCUT2D eigenvalue weighted by atomic mass is 9.82. The predicted octanol–water partition coefficient (Wildman–Crippen LogP) is 4.19. The third-order valence-corrected chi connectivity index (χ3v) is 4.90. The van der Waals surface area contributed by atoms with Gasteiger partial charge in [0.15, 0.2) is 0 Å². The van der Waals surface area contributed by atoms with Crippen molar-refractivity contribution in [3.8, 4) is 0 Å².